The topological polar surface area (TPSA) is 59.0 Å². The summed E-state index contributed by atoms with van der Waals surface area (Å²) in [5.41, 5.74) is 7.74. The van der Waals surface area contributed by atoms with E-state index in [1.54, 1.807) is 18.2 Å². The van der Waals surface area contributed by atoms with Crippen LogP contribution in [0.3, 0.4) is 0 Å². The van der Waals surface area contributed by atoms with E-state index in [1.165, 1.54) is 0 Å². The van der Waals surface area contributed by atoms with Crippen molar-refractivity contribution in [1.82, 2.24) is 0 Å². The van der Waals surface area contributed by atoms with Crippen molar-refractivity contribution >= 4 is 21.6 Å². The number of nitrogens with zero attached hydrogens (tertiary/aromatic N) is 1. The molecule has 3 nitrogen and oxygen atoms in total. The second kappa shape index (κ2) is 5.11. The van der Waals surface area contributed by atoms with E-state index in [1.807, 2.05) is 31.2 Å². The summed E-state index contributed by atoms with van der Waals surface area (Å²) in [7, 11) is 0. The predicted octanol–water partition coefficient (Wildman–Crippen LogP) is 4.00. The number of hydrogen-bond acceptors (Lipinski definition) is 3. The minimum Gasteiger partial charge on any atom is -0.456 e. The molecule has 90 valence electrons. The van der Waals surface area contributed by atoms with Gasteiger partial charge in [0.2, 0.25) is 0 Å². The van der Waals surface area contributed by atoms with Crippen molar-refractivity contribution < 1.29 is 4.74 Å². The van der Waals surface area contributed by atoms with Crippen molar-refractivity contribution in [3.63, 3.8) is 0 Å². The quantitative estimate of drug-likeness (QED) is 0.853. The number of hydrogen-bond donors (Lipinski definition) is 1. The SMILES string of the molecule is Cc1ccc(Oc2ccc(C#N)c(N)c2)c(Br)c1. The molecule has 0 spiro atoms. The van der Waals surface area contributed by atoms with Crippen molar-refractivity contribution in [1.29, 1.82) is 5.26 Å². The van der Waals surface area contributed by atoms with Crippen LogP contribution in [-0.4, -0.2) is 0 Å². The van der Waals surface area contributed by atoms with Crippen LogP contribution in [0.5, 0.6) is 11.5 Å². The summed E-state index contributed by atoms with van der Waals surface area (Å²) < 4.78 is 6.59. The van der Waals surface area contributed by atoms with Crippen LogP contribution in [0.15, 0.2) is 40.9 Å². The molecule has 2 N–H and O–H groups in total. The van der Waals surface area contributed by atoms with Gasteiger partial charge in [0.1, 0.15) is 17.6 Å². The van der Waals surface area contributed by atoms with E-state index >= 15 is 0 Å². The third-order valence-electron chi connectivity index (χ3n) is 2.46. The molecule has 4 heteroatoms. The molecule has 0 aromatic heterocycles. The fourth-order valence-corrected chi connectivity index (χ4v) is 2.10. The van der Waals surface area contributed by atoms with Gasteiger partial charge in [-0.2, -0.15) is 5.26 Å². The van der Waals surface area contributed by atoms with Gasteiger partial charge in [-0.25, -0.2) is 0 Å². The van der Waals surface area contributed by atoms with Gasteiger partial charge < -0.3 is 10.5 Å². The molecule has 0 atom stereocenters. The summed E-state index contributed by atoms with van der Waals surface area (Å²) in [6.45, 7) is 2.01. The first kappa shape index (κ1) is 12.5. The van der Waals surface area contributed by atoms with Gasteiger partial charge in [-0.15, -0.1) is 0 Å². The van der Waals surface area contributed by atoms with Crippen LogP contribution in [0.2, 0.25) is 0 Å². The Morgan fingerprint density at radius 2 is 2.00 bits per heavy atom. The molecule has 18 heavy (non-hydrogen) atoms. The molecule has 0 aliphatic heterocycles. The molecule has 0 amide bonds. The van der Waals surface area contributed by atoms with Crippen LogP contribution < -0.4 is 10.5 Å². The molecule has 2 aromatic carbocycles. The zero-order chi connectivity index (χ0) is 13.1. The average Bonchev–Trinajstić information content (AvgIpc) is 2.33. The van der Waals surface area contributed by atoms with E-state index in [-0.39, 0.29) is 0 Å². The number of nitrogen functional groups attached to an aromatic ring is 1. The van der Waals surface area contributed by atoms with Crippen LogP contribution in [0.1, 0.15) is 11.1 Å². The smallest absolute Gasteiger partial charge is 0.141 e. The van der Waals surface area contributed by atoms with Crippen LogP contribution >= 0.6 is 15.9 Å². The van der Waals surface area contributed by atoms with E-state index in [2.05, 4.69) is 15.9 Å². The highest BCUT2D eigenvalue weighted by atomic mass is 79.9. The molecule has 0 radical (unpaired) electrons. The lowest BCUT2D eigenvalue weighted by Crippen LogP contribution is -1.92. The summed E-state index contributed by atoms with van der Waals surface area (Å²) >= 11 is 3.44. The first-order valence-electron chi connectivity index (χ1n) is 5.34. The maximum Gasteiger partial charge on any atom is 0.141 e. The van der Waals surface area contributed by atoms with Crippen LogP contribution in [0, 0.1) is 18.3 Å². The van der Waals surface area contributed by atoms with Gasteiger partial charge in [0, 0.05) is 6.07 Å². The standard InChI is InChI=1S/C14H11BrN2O/c1-9-2-5-14(12(15)6-9)18-11-4-3-10(8-16)13(17)7-11/h2-7H,17H2,1H3. The first-order chi connectivity index (χ1) is 8.60. The van der Waals surface area contributed by atoms with Gasteiger partial charge in [0.05, 0.1) is 15.7 Å². The summed E-state index contributed by atoms with van der Waals surface area (Å²) in [6, 6.07) is 12.9. The minimum atomic E-state index is 0.415. The number of nitriles is 1. The molecular weight excluding hydrogens is 292 g/mol. The zero-order valence-electron chi connectivity index (χ0n) is 9.77. The molecule has 2 rings (SSSR count). The van der Waals surface area contributed by atoms with Gasteiger partial charge in [-0.1, -0.05) is 6.07 Å². The summed E-state index contributed by atoms with van der Waals surface area (Å²) in [5.74, 6) is 1.32. The fourth-order valence-electron chi connectivity index (χ4n) is 1.52. The summed E-state index contributed by atoms with van der Waals surface area (Å²) in [4.78, 5) is 0. The number of nitrogens with two attached hydrogens (primary N) is 1. The monoisotopic (exact) mass is 302 g/mol. The van der Waals surface area contributed by atoms with Gasteiger partial charge in [0.25, 0.3) is 0 Å². The molecule has 0 saturated carbocycles. The molecule has 2 aromatic rings. The van der Waals surface area contributed by atoms with Gasteiger partial charge in [0.15, 0.2) is 0 Å². The Bertz CT molecular complexity index is 632. The molecule has 0 unspecified atom stereocenters. The summed E-state index contributed by atoms with van der Waals surface area (Å²) in [5, 5.41) is 8.80. The highest BCUT2D eigenvalue weighted by Gasteiger charge is 2.05. The number of rotatable bonds is 2. The second-order valence-electron chi connectivity index (χ2n) is 3.90. The first-order valence-corrected chi connectivity index (χ1v) is 6.13. The largest absolute Gasteiger partial charge is 0.456 e. The Balaban J connectivity index is 2.29. The van der Waals surface area contributed by atoms with Gasteiger partial charge in [-0.3, -0.25) is 0 Å². The van der Waals surface area contributed by atoms with E-state index in [4.69, 9.17) is 15.7 Å². The van der Waals surface area contributed by atoms with E-state index in [0.717, 1.165) is 10.0 Å². The minimum absolute atomic E-state index is 0.415. The highest BCUT2D eigenvalue weighted by Crippen LogP contribution is 2.31. The number of halogens is 1. The molecule has 0 bridgehead atoms. The van der Waals surface area contributed by atoms with Crippen LogP contribution in [-0.2, 0) is 0 Å². The number of benzene rings is 2. The fraction of sp³-hybridized carbons (Fsp3) is 0.0714. The lowest BCUT2D eigenvalue weighted by molar-refractivity contribution is 0.480. The summed E-state index contributed by atoms with van der Waals surface area (Å²) in [6.07, 6.45) is 0. The van der Waals surface area contributed by atoms with Gasteiger partial charge >= 0.3 is 0 Å². The van der Waals surface area contributed by atoms with Crippen molar-refractivity contribution in [3.05, 3.63) is 52.0 Å². The van der Waals surface area contributed by atoms with Crippen LogP contribution in [0.25, 0.3) is 0 Å². The van der Waals surface area contributed by atoms with Crippen LogP contribution in [0.4, 0.5) is 5.69 Å². The van der Waals surface area contributed by atoms with Crippen molar-refractivity contribution in [2.45, 2.75) is 6.92 Å². The normalized spacial score (nSPS) is 9.83. The lowest BCUT2D eigenvalue weighted by Gasteiger charge is -2.09. The second-order valence-corrected chi connectivity index (χ2v) is 4.75. The maximum absolute atomic E-state index is 8.80. The highest BCUT2D eigenvalue weighted by molar-refractivity contribution is 9.10. The Labute approximate surface area is 114 Å². The Kier molecular flexibility index (Phi) is 3.54. The lowest BCUT2D eigenvalue weighted by atomic mass is 10.2. The van der Waals surface area contributed by atoms with Gasteiger partial charge in [-0.05, 0) is 52.7 Å². The van der Waals surface area contributed by atoms with E-state index in [9.17, 15) is 0 Å². The Morgan fingerprint density at radius 1 is 1.22 bits per heavy atom. The Hall–Kier alpha value is -1.99. The number of ether oxygens (including phenoxy) is 1. The molecule has 0 saturated heterocycles. The third kappa shape index (κ3) is 2.63. The maximum atomic E-state index is 8.80. The zero-order valence-corrected chi connectivity index (χ0v) is 11.4. The number of anilines is 1. The van der Waals surface area contributed by atoms with Crippen molar-refractivity contribution in [2.75, 3.05) is 5.73 Å². The van der Waals surface area contributed by atoms with Crippen molar-refractivity contribution in [2.24, 2.45) is 0 Å². The van der Waals surface area contributed by atoms with E-state index < -0.39 is 0 Å². The predicted molar refractivity (Wildman–Crippen MR) is 74.5 cm³/mol. The molecule has 0 aliphatic carbocycles. The molecule has 0 fully saturated rings. The molecular formula is C14H11BrN2O. The van der Waals surface area contributed by atoms with Crippen molar-refractivity contribution in [3.8, 4) is 17.6 Å². The average molecular weight is 303 g/mol. The molecule has 0 aliphatic rings. The number of aryl methyl sites for hydroxylation is 1. The Morgan fingerprint density at radius 3 is 2.61 bits per heavy atom. The third-order valence-corrected chi connectivity index (χ3v) is 3.08. The molecule has 0 heterocycles. The van der Waals surface area contributed by atoms with E-state index in [0.29, 0.717) is 22.7 Å².